The number of benzene rings is 4. The summed E-state index contributed by atoms with van der Waals surface area (Å²) in [4.78, 5) is 28.6. The predicted octanol–water partition coefficient (Wildman–Crippen LogP) is 6.51. The number of anilines is 2. The number of hydrogen-bond donors (Lipinski definition) is 1. The van der Waals surface area contributed by atoms with E-state index in [1.54, 1.807) is 25.1 Å². The van der Waals surface area contributed by atoms with Crippen LogP contribution in [0.15, 0.2) is 90.6 Å². The van der Waals surface area contributed by atoms with E-state index in [-0.39, 0.29) is 11.6 Å². The van der Waals surface area contributed by atoms with E-state index in [9.17, 15) is 9.59 Å². The third-order valence-electron chi connectivity index (χ3n) is 5.95. The molecular formula is C28H21ClN2O2. The molecule has 2 amide bonds. The Kier molecular flexibility index (Phi) is 5.23. The number of hydrogen-bond acceptors (Lipinski definition) is 3. The molecule has 0 saturated carbocycles. The molecule has 162 valence electrons. The van der Waals surface area contributed by atoms with Crippen molar-refractivity contribution in [3.05, 3.63) is 112 Å². The van der Waals surface area contributed by atoms with Crippen LogP contribution in [0.25, 0.3) is 16.3 Å². The lowest BCUT2D eigenvalue weighted by Crippen LogP contribution is -2.33. The zero-order valence-corrected chi connectivity index (χ0v) is 19.0. The molecule has 0 unspecified atom stereocenters. The fraction of sp³-hybridized carbons (Fsp3) is 0.0714. The first kappa shape index (κ1) is 21.0. The fourth-order valence-corrected chi connectivity index (χ4v) is 4.33. The Morgan fingerprint density at radius 2 is 1.45 bits per heavy atom. The van der Waals surface area contributed by atoms with Crippen LogP contribution in [-0.2, 0) is 9.59 Å². The van der Waals surface area contributed by atoms with Crippen molar-refractivity contribution in [3.63, 3.8) is 0 Å². The van der Waals surface area contributed by atoms with E-state index in [1.165, 1.54) is 4.90 Å². The van der Waals surface area contributed by atoms with Gasteiger partial charge in [-0.3, -0.25) is 9.59 Å². The van der Waals surface area contributed by atoms with Crippen molar-refractivity contribution in [2.24, 2.45) is 0 Å². The van der Waals surface area contributed by atoms with Crippen molar-refractivity contribution in [3.8, 4) is 0 Å². The average Bonchev–Trinajstić information content (AvgIpc) is 3.06. The molecule has 1 aliphatic heterocycles. The van der Waals surface area contributed by atoms with E-state index in [0.717, 1.165) is 22.0 Å². The summed E-state index contributed by atoms with van der Waals surface area (Å²) in [6.45, 7) is 3.79. The van der Waals surface area contributed by atoms with Gasteiger partial charge in [0, 0.05) is 16.1 Å². The number of nitrogens with one attached hydrogen (secondary N) is 1. The molecule has 4 aromatic carbocycles. The van der Waals surface area contributed by atoms with E-state index < -0.39 is 5.91 Å². The molecule has 5 rings (SSSR count). The molecule has 0 saturated heterocycles. The maximum Gasteiger partial charge on any atom is 0.282 e. The van der Waals surface area contributed by atoms with Crippen molar-refractivity contribution in [2.75, 3.05) is 10.2 Å². The predicted molar refractivity (Wildman–Crippen MR) is 134 cm³/mol. The van der Waals surface area contributed by atoms with E-state index in [4.69, 9.17) is 11.6 Å². The van der Waals surface area contributed by atoms with Gasteiger partial charge in [0.15, 0.2) is 0 Å². The molecule has 1 heterocycles. The summed E-state index contributed by atoms with van der Waals surface area (Å²) < 4.78 is 0. The quantitative estimate of drug-likeness (QED) is 0.359. The number of carbonyl (C=O) groups is 2. The minimum Gasteiger partial charge on any atom is -0.350 e. The SMILES string of the molecule is Cc1ccc(C2=C(Nc3cccc4ccccc34)C(=O)N(c3cccc(Cl)c3C)C2=O)cc1. The third kappa shape index (κ3) is 3.59. The second-order valence-electron chi connectivity index (χ2n) is 8.10. The Morgan fingerprint density at radius 3 is 2.24 bits per heavy atom. The second kappa shape index (κ2) is 8.23. The van der Waals surface area contributed by atoms with E-state index >= 15 is 0 Å². The highest BCUT2D eigenvalue weighted by Crippen LogP contribution is 2.37. The zero-order valence-electron chi connectivity index (χ0n) is 18.2. The largest absolute Gasteiger partial charge is 0.350 e. The van der Waals surface area contributed by atoms with Crippen LogP contribution in [0, 0.1) is 13.8 Å². The van der Waals surface area contributed by atoms with Crippen molar-refractivity contribution in [1.82, 2.24) is 0 Å². The van der Waals surface area contributed by atoms with Gasteiger partial charge in [0.05, 0.1) is 11.3 Å². The Bertz CT molecular complexity index is 1450. The lowest BCUT2D eigenvalue weighted by molar-refractivity contribution is -0.120. The van der Waals surface area contributed by atoms with E-state index in [0.29, 0.717) is 27.4 Å². The van der Waals surface area contributed by atoms with Gasteiger partial charge < -0.3 is 5.32 Å². The Hall–Kier alpha value is -3.89. The third-order valence-corrected chi connectivity index (χ3v) is 6.36. The van der Waals surface area contributed by atoms with Crippen molar-refractivity contribution >= 4 is 51.1 Å². The number of nitrogens with zero attached hydrogens (tertiary/aromatic N) is 1. The van der Waals surface area contributed by atoms with Gasteiger partial charge in [0.2, 0.25) is 0 Å². The summed E-state index contributed by atoms with van der Waals surface area (Å²) in [5, 5.41) is 5.80. The van der Waals surface area contributed by atoms with Gasteiger partial charge in [-0.2, -0.15) is 0 Å². The van der Waals surface area contributed by atoms with Crippen LogP contribution < -0.4 is 10.2 Å². The van der Waals surface area contributed by atoms with Crippen LogP contribution in [0.3, 0.4) is 0 Å². The first-order valence-electron chi connectivity index (χ1n) is 10.7. The maximum atomic E-state index is 13.7. The maximum absolute atomic E-state index is 13.7. The molecule has 0 radical (unpaired) electrons. The first-order chi connectivity index (χ1) is 16.0. The first-order valence-corrected chi connectivity index (χ1v) is 11.0. The van der Waals surface area contributed by atoms with Crippen LogP contribution in [0.5, 0.6) is 0 Å². The molecule has 0 fully saturated rings. The summed E-state index contributed by atoms with van der Waals surface area (Å²) in [6, 6.07) is 26.6. The Labute approximate surface area is 197 Å². The summed E-state index contributed by atoms with van der Waals surface area (Å²) >= 11 is 6.31. The van der Waals surface area contributed by atoms with Crippen LogP contribution in [0.1, 0.15) is 16.7 Å². The number of amides is 2. The number of imide groups is 1. The number of carbonyl (C=O) groups excluding carboxylic acids is 2. The zero-order chi connectivity index (χ0) is 23.1. The lowest BCUT2D eigenvalue weighted by atomic mass is 10.0. The fourth-order valence-electron chi connectivity index (χ4n) is 4.16. The standard InChI is InChI=1S/C28H21ClN2O2/c1-17-13-15-20(16-14-17)25-26(30-23-11-5-8-19-7-3-4-9-21(19)23)28(33)31(27(25)32)24-12-6-10-22(29)18(24)2/h3-16,30H,1-2H3. The number of rotatable bonds is 4. The van der Waals surface area contributed by atoms with E-state index in [1.807, 2.05) is 73.7 Å². The summed E-state index contributed by atoms with van der Waals surface area (Å²) in [5.41, 5.74) is 4.27. The molecule has 0 bridgehead atoms. The van der Waals surface area contributed by atoms with Gasteiger partial charge in [-0.1, -0.05) is 83.9 Å². The van der Waals surface area contributed by atoms with Gasteiger partial charge in [-0.15, -0.1) is 0 Å². The molecular weight excluding hydrogens is 432 g/mol. The molecule has 1 aliphatic rings. The molecule has 0 aliphatic carbocycles. The monoisotopic (exact) mass is 452 g/mol. The minimum atomic E-state index is -0.408. The number of halogens is 1. The molecule has 5 heteroatoms. The highest BCUT2D eigenvalue weighted by Gasteiger charge is 2.41. The van der Waals surface area contributed by atoms with Crippen molar-refractivity contribution in [2.45, 2.75) is 13.8 Å². The van der Waals surface area contributed by atoms with Crippen LogP contribution >= 0.6 is 11.6 Å². The second-order valence-corrected chi connectivity index (χ2v) is 8.50. The summed E-state index contributed by atoms with van der Waals surface area (Å²) in [7, 11) is 0. The van der Waals surface area contributed by atoms with Gasteiger partial charge in [0.25, 0.3) is 11.8 Å². The Morgan fingerprint density at radius 1 is 0.758 bits per heavy atom. The number of fused-ring (bicyclic) bond motifs is 1. The van der Waals surface area contributed by atoms with Crippen LogP contribution in [0.2, 0.25) is 5.02 Å². The minimum absolute atomic E-state index is 0.250. The van der Waals surface area contributed by atoms with Gasteiger partial charge >= 0.3 is 0 Å². The Balaban J connectivity index is 1.68. The molecule has 0 atom stereocenters. The van der Waals surface area contributed by atoms with Crippen molar-refractivity contribution in [1.29, 1.82) is 0 Å². The summed E-state index contributed by atoms with van der Waals surface area (Å²) in [6.07, 6.45) is 0. The molecule has 1 N–H and O–H groups in total. The van der Waals surface area contributed by atoms with E-state index in [2.05, 4.69) is 5.32 Å². The van der Waals surface area contributed by atoms with Gasteiger partial charge in [-0.05, 0) is 48.6 Å². The topological polar surface area (TPSA) is 49.4 Å². The molecule has 4 aromatic rings. The highest BCUT2D eigenvalue weighted by atomic mass is 35.5. The molecule has 0 aromatic heterocycles. The van der Waals surface area contributed by atoms with Crippen molar-refractivity contribution < 1.29 is 9.59 Å². The smallest absolute Gasteiger partial charge is 0.282 e. The average molecular weight is 453 g/mol. The molecule has 0 spiro atoms. The molecule has 33 heavy (non-hydrogen) atoms. The normalized spacial score (nSPS) is 13.8. The van der Waals surface area contributed by atoms with Crippen LogP contribution in [0.4, 0.5) is 11.4 Å². The highest BCUT2D eigenvalue weighted by molar-refractivity contribution is 6.46. The molecule has 4 nitrogen and oxygen atoms in total. The lowest BCUT2D eigenvalue weighted by Gasteiger charge is -2.18. The summed E-state index contributed by atoms with van der Waals surface area (Å²) in [5.74, 6) is -0.786. The van der Waals surface area contributed by atoms with Gasteiger partial charge in [-0.25, -0.2) is 4.90 Å². The van der Waals surface area contributed by atoms with Gasteiger partial charge in [0.1, 0.15) is 5.70 Å². The van der Waals surface area contributed by atoms with Crippen LogP contribution in [-0.4, -0.2) is 11.8 Å². The number of aryl methyl sites for hydroxylation is 1.